The molecule has 0 saturated carbocycles. The van der Waals surface area contributed by atoms with Crippen molar-refractivity contribution in [2.24, 2.45) is 0 Å². The first-order chi connectivity index (χ1) is 24.8. The number of phosphoric acid groups is 1. The Bertz CT molecular complexity index is 976. The van der Waals surface area contributed by atoms with Gasteiger partial charge >= 0.3 is 13.8 Å². The van der Waals surface area contributed by atoms with Crippen LogP contribution in [0, 0.1) is 0 Å². The van der Waals surface area contributed by atoms with E-state index in [9.17, 15) is 19.4 Å². The zero-order chi connectivity index (χ0) is 37.5. The van der Waals surface area contributed by atoms with E-state index in [0.717, 1.165) is 70.6 Å². The summed E-state index contributed by atoms with van der Waals surface area (Å²) in [5, 5.41) is 18.3. The minimum Gasteiger partial charge on any atom is -0.457 e. The van der Waals surface area contributed by atoms with Gasteiger partial charge in [-0.2, -0.15) is 0 Å². The highest BCUT2D eigenvalue weighted by atomic mass is 31.2. The third-order valence-corrected chi connectivity index (χ3v) is 8.92. The Kier molecular flexibility index (Phi) is 36.5. The summed E-state index contributed by atoms with van der Waals surface area (Å²) < 4.78 is 33.2. The molecule has 0 aliphatic carbocycles. The first-order valence-corrected chi connectivity index (χ1v) is 21.3. The van der Waals surface area contributed by atoms with Crippen molar-refractivity contribution in [2.75, 3.05) is 33.0 Å². The van der Waals surface area contributed by atoms with Crippen LogP contribution < -0.4 is 0 Å². The van der Waals surface area contributed by atoms with Crippen LogP contribution in [-0.4, -0.2) is 66.3 Å². The second-order valence-corrected chi connectivity index (χ2v) is 14.4. The predicted molar refractivity (Wildman–Crippen MR) is 210 cm³/mol. The van der Waals surface area contributed by atoms with Crippen molar-refractivity contribution < 1.29 is 43.0 Å². The van der Waals surface area contributed by atoms with Crippen molar-refractivity contribution in [3.05, 3.63) is 60.8 Å². The van der Waals surface area contributed by atoms with Gasteiger partial charge in [-0.1, -0.05) is 145 Å². The third-order valence-electron chi connectivity index (χ3n) is 7.97. The lowest BCUT2D eigenvalue weighted by Crippen LogP contribution is -2.29. The maximum absolute atomic E-state index is 12.5. The summed E-state index contributed by atoms with van der Waals surface area (Å²) in [7, 11) is -4.52. The fourth-order valence-electron chi connectivity index (χ4n) is 4.97. The van der Waals surface area contributed by atoms with Crippen LogP contribution in [0.3, 0.4) is 0 Å². The average molecular weight is 741 g/mol. The Hall–Kier alpha value is -1.84. The number of hydrogen-bond donors (Lipinski definition) is 3. The molecule has 0 aromatic rings. The van der Waals surface area contributed by atoms with Gasteiger partial charge in [0.2, 0.25) is 0 Å². The van der Waals surface area contributed by atoms with Gasteiger partial charge in [0.15, 0.2) is 0 Å². The molecule has 51 heavy (non-hydrogen) atoms. The standard InChI is InChI=1S/C41H73O9P/c1-3-5-7-9-11-13-15-17-18-19-20-21-22-24-26-28-30-32-34-47-37-40(38-49-51(45,46)48-36-39(43)35-42)50-41(44)33-31-29-27-25-23-16-14-12-10-8-6-4-2/h5,7,11,13,17-18,20-21,24,26,39-40,42-43H,3-4,6,8-10,12,14-16,19,22-23,25,27-38H2,1-2H3,(H,45,46)/b7-5-,13-11-,18-17-,21-20-,26-24-. The Balaban J connectivity index is 4.31. The van der Waals surface area contributed by atoms with E-state index in [0.29, 0.717) is 6.61 Å². The molecule has 3 N–H and O–H groups in total. The van der Waals surface area contributed by atoms with Crippen molar-refractivity contribution in [2.45, 2.75) is 161 Å². The number of carbonyl (C=O) groups excluding carboxylic acids is 1. The summed E-state index contributed by atoms with van der Waals surface area (Å²) >= 11 is 0. The Morgan fingerprint density at radius 1 is 0.627 bits per heavy atom. The second kappa shape index (κ2) is 37.9. The van der Waals surface area contributed by atoms with E-state index >= 15 is 0 Å². The normalized spacial score (nSPS) is 14.8. The molecule has 0 amide bonds. The van der Waals surface area contributed by atoms with Crippen molar-refractivity contribution in [1.82, 2.24) is 0 Å². The lowest BCUT2D eigenvalue weighted by molar-refractivity contribution is -0.154. The molecule has 0 bridgehead atoms. The van der Waals surface area contributed by atoms with Crippen LogP contribution in [0.1, 0.15) is 149 Å². The van der Waals surface area contributed by atoms with Gasteiger partial charge in [-0.15, -0.1) is 0 Å². The maximum atomic E-state index is 12.5. The molecule has 0 rings (SSSR count). The van der Waals surface area contributed by atoms with Crippen LogP contribution in [-0.2, 0) is 27.9 Å². The average Bonchev–Trinajstić information content (AvgIpc) is 3.12. The number of aliphatic hydroxyl groups excluding tert-OH is 2. The first kappa shape index (κ1) is 49.2. The first-order valence-electron chi connectivity index (χ1n) is 19.8. The number of aliphatic hydroxyl groups is 2. The molecule has 0 fully saturated rings. The van der Waals surface area contributed by atoms with E-state index in [1.54, 1.807) is 0 Å². The van der Waals surface area contributed by atoms with Crippen molar-refractivity contribution in [3.63, 3.8) is 0 Å². The third kappa shape index (κ3) is 37.7. The van der Waals surface area contributed by atoms with Crippen LogP contribution in [0.15, 0.2) is 60.8 Å². The van der Waals surface area contributed by atoms with Gasteiger partial charge in [-0.25, -0.2) is 4.57 Å². The SMILES string of the molecule is CC/C=C\C/C=C\C/C=C\C/C=C\C/C=C\CCCCOCC(COP(=O)(O)OCC(O)CO)OC(=O)CCCCCCCCCCCCCC. The van der Waals surface area contributed by atoms with Gasteiger partial charge in [0.25, 0.3) is 0 Å². The summed E-state index contributed by atoms with van der Waals surface area (Å²) in [5.74, 6) is -0.401. The molecule has 0 aromatic heterocycles. The lowest BCUT2D eigenvalue weighted by atomic mass is 10.0. The summed E-state index contributed by atoms with van der Waals surface area (Å²) in [5.41, 5.74) is 0. The largest absolute Gasteiger partial charge is 0.472 e. The van der Waals surface area contributed by atoms with Crippen LogP contribution in [0.2, 0.25) is 0 Å². The van der Waals surface area contributed by atoms with E-state index in [-0.39, 0.29) is 13.0 Å². The highest BCUT2D eigenvalue weighted by molar-refractivity contribution is 7.47. The second-order valence-electron chi connectivity index (χ2n) is 12.9. The molecule has 0 aromatic carbocycles. The Labute approximate surface area is 310 Å². The van der Waals surface area contributed by atoms with Gasteiger partial charge in [-0.3, -0.25) is 13.8 Å². The van der Waals surface area contributed by atoms with Gasteiger partial charge in [0, 0.05) is 13.0 Å². The van der Waals surface area contributed by atoms with Crippen molar-refractivity contribution in [1.29, 1.82) is 0 Å². The van der Waals surface area contributed by atoms with Crippen LogP contribution >= 0.6 is 7.82 Å². The molecule has 0 heterocycles. The zero-order valence-corrected chi connectivity index (χ0v) is 32.9. The van der Waals surface area contributed by atoms with E-state index in [4.69, 9.17) is 23.6 Å². The Morgan fingerprint density at radius 3 is 1.65 bits per heavy atom. The molecular weight excluding hydrogens is 667 g/mol. The van der Waals surface area contributed by atoms with E-state index in [1.165, 1.54) is 57.8 Å². The molecule has 9 nitrogen and oxygen atoms in total. The molecule has 3 unspecified atom stereocenters. The van der Waals surface area contributed by atoms with Crippen LogP contribution in [0.5, 0.6) is 0 Å². The quantitative estimate of drug-likeness (QED) is 0.0246. The molecule has 10 heteroatoms. The molecule has 296 valence electrons. The number of rotatable bonds is 37. The van der Waals surface area contributed by atoms with Gasteiger partial charge in [0.1, 0.15) is 12.2 Å². The number of hydrogen-bond acceptors (Lipinski definition) is 8. The predicted octanol–water partition coefficient (Wildman–Crippen LogP) is 10.4. The van der Waals surface area contributed by atoms with E-state index in [2.05, 4.69) is 74.6 Å². The smallest absolute Gasteiger partial charge is 0.457 e. The monoisotopic (exact) mass is 740 g/mol. The molecular formula is C41H73O9P. The van der Waals surface area contributed by atoms with Gasteiger partial charge in [-0.05, 0) is 57.8 Å². The van der Waals surface area contributed by atoms with E-state index < -0.39 is 45.8 Å². The number of phosphoric ester groups is 1. The molecule has 0 spiro atoms. The number of esters is 1. The number of ether oxygens (including phenoxy) is 2. The van der Waals surface area contributed by atoms with Gasteiger partial charge in [0.05, 0.1) is 26.4 Å². The van der Waals surface area contributed by atoms with E-state index in [1.807, 2.05) is 0 Å². The molecule has 3 atom stereocenters. The highest BCUT2D eigenvalue weighted by Gasteiger charge is 2.26. The van der Waals surface area contributed by atoms with Crippen LogP contribution in [0.25, 0.3) is 0 Å². The number of unbranched alkanes of at least 4 members (excludes halogenated alkanes) is 13. The number of allylic oxidation sites excluding steroid dienone is 10. The van der Waals surface area contributed by atoms with Crippen molar-refractivity contribution >= 4 is 13.8 Å². The molecule has 0 aliphatic heterocycles. The number of carbonyl (C=O) groups is 1. The summed E-state index contributed by atoms with van der Waals surface area (Å²) in [6.07, 6.45) is 41.8. The van der Waals surface area contributed by atoms with Gasteiger partial charge < -0.3 is 24.6 Å². The summed E-state index contributed by atoms with van der Waals surface area (Å²) in [6.45, 7) is 3.27. The molecule has 0 radical (unpaired) electrons. The lowest BCUT2D eigenvalue weighted by Gasteiger charge is -2.20. The molecule has 0 saturated heterocycles. The fourth-order valence-corrected chi connectivity index (χ4v) is 5.76. The fraction of sp³-hybridized carbons (Fsp3) is 0.732. The highest BCUT2D eigenvalue weighted by Crippen LogP contribution is 2.43. The van der Waals surface area contributed by atoms with Crippen LogP contribution in [0.4, 0.5) is 0 Å². The minimum absolute atomic E-state index is 0.0190. The summed E-state index contributed by atoms with van der Waals surface area (Å²) in [4.78, 5) is 22.5. The zero-order valence-electron chi connectivity index (χ0n) is 32.1. The Morgan fingerprint density at radius 2 is 1.12 bits per heavy atom. The maximum Gasteiger partial charge on any atom is 0.472 e. The molecule has 0 aliphatic rings. The van der Waals surface area contributed by atoms with Crippen molar-refractivity contribution in [3.8, 4) is 0 Å². The minimum atomic E-state index is -4.52. The topological polar surface area (TPSA) is 132 Å². The summed E-state index contributed by atoms with van der Waals surface area (Å²) in [6, 6.07) is 0.